The van der Waals surface area contributed by atoms with Crippen LogP contribution in [0.4, 0.5) is 13.2 Å². The maximum atomic E-state index is 12.8. The second kappa shape index (κ2) is 11.7. The Morgan fingerprint density at radius 3 is 2.27 bits per heavy atom. The number of amides is 1. The summed E-state index contributed by atoms with van der Waals surface area (Å²) in [4.78, 5) is 19.3. The van der Waals surface area contributed by atoms with E-state index in [0.717, 1.165) is 49.5 Å². The lowest BCUT2D eigenvalue weighted by Crippen LogP contribution is -2.49. The molecule has 1 amide bonds. The largest absolute Gasteiger partial charge is 0.492 e. The molecule has 1 fully saturated rings. The number of rotatable bonds is 7. The molecule has 2 aromatic rings. The summed E-state index contributed by atoms with van der Waals surface area (Å²) in [7, 11) is 0. The van der Waals surface area contributed by atoms with Crippen molar-refractivity contribution in [3.63, 3.8) is 0 Å². The third kappa shape index (κ3) is 6.54. The van der Waals surface area contributed by atoms with E-state index in [1.807, 2.05) is 0 Å². The van der Waals surface area contributed by atoms with Crippen molar-refractivity contribution in [2.24, 2.45) is 0 Å². The molecule has 2 aromatic carbocycles. The van der Waals surface area contributed by atoms with Gasteiger partial charge in [0.25, 0.3) is 5.91 Å². The first kappa shape index (κ1) is 27.2. The third-order valence-corrected chi connectivity index (χ3v) is 7.65. The number of ether oxygens (including phenoxy) is 1. The summed E-state index contributed by atoms with van der Waals surface area (Å²) >= 11 is 0. The Balaban J connectivity index is 1.31. The molecule has 5 nitrogen and oxygen atoms in total. The Kier molecular flexibility index (Phi) is 8.60. The Hall–Kier alpha value is -2.84. The smallest absolute Gasteiger partial charge is 0.416 e. The quantitative estimate of drug-likeness (QED) is 0.458. The first-order valence-corrected chi connectivity index (χ1v) is 13.0. The molecule has 2 aliphatic heterocycles. The number of hydrogen-bond acceptors (Lipinski definition) is 4. The Morgan fingerprint density at radius 2 is 1.65 bits per heavy atom. The van der Waals surface area contributed by atoms with Gasteiger partial charge < -0.3 is 9.64 Å². The Labute approximate surface area is 217 Å². The number of carbonyl (C=O) groups is 1. The molecule has 0 spiro atoms. The van der Waals surface area contributed by atoms with Gasteiger partial charge in [-0.3, -0.25) is 14.6 Å². The Morgan fingerprint density at radius 1 is 0.946 bits per heavy atom. The van der Waals surface area contributed by atoms with Gasteiger partial charge in [-0.15, -0.1) is 0 Å². The average Bonchev–Trinajstić information content (AvgIpc) is 2.91. The molecule has 8 heteroatoms. The van der Waals surface area contributed by atoms with Crippen molar-refractivity contribution < 1.29 is 22.7 Å². The summed E-state index contributed by atoms with van der Waals surface area (Å²) in [6.45, 7) is 12.5. The highest BCUT2D eigenvalue weighted by atomic mass is 19.4. The molecule has 0 N–H and O–H groups in total. The van der Waals surface area contributed by atoms with E-state index in [4.69, 9.17) is 4.74 Å². The summed E-state index contributed by atoms with van der Waals surface area (Å²) < 4.78 is 44.6. The van der Waals surface area contributed by atoms with Crippen molar-refractivity contribution >= 4 is 5.91 Å². The topological polar surface area (TPSA) is 36.0 Å². The predicted molar refractivity (Wildman–Crippen MR) is 139 cm³/mol. The van der Waals surface area contributed by atoms with Gasteiger partial charge in [0.1, 0.15) is 12.4 Å². The van der Waals surface area contributed by atoms with Crippen LogP contribution in [0, 0.1) is 13.8 Å². The van der Waals surface area contributed by atoms with E-state index in [9.17, 15) is 18.0 Å². The van der Waals surface area contributed by atoms with Gasteiger partial charge in [-0.05, 0) is 74.2 Å². The number of piperazine rings is 1. The minimum absolute atomic E-state index is 0.177. The lowest BCUT2D eigenvalue weighted by Gasteiger charge is -2.39. The standard InChI is InChI=1S/C29H36F3N3O2/c1-21-22(2)27(37-20-19-33-13-5-4-6-14-33)12-11-26(21)23(3)34-15-17-35(18-16-34)28(36)24-7-9-25(10-8-24)29(30,31)32/h4-5,7-12,23H,6,13-20H2,1-3H3. The first-order valence-electron chi connectivity index (χ1n) is 13.0. The molecule has 0 aliphatic carbocycles. The van der Waals surface area contributed by atoms with Crippen LogP contribution in [0.25, 0.3) is 0 Å². The summed E-state index contributed by atoms with van der Waals surface area (Å²) in [5.41, 5.74) is 3.15. The fourth-order valence-corrected chi connectivity index (χ4v) is 5.10. The molecular formula is C29H36F3N3O2. The molecule has 0 bridgehead atoms. The first-order chi connectivity index (χ1) is 17.6. The van der Waals surface area contributed by atoms with Crippen molar-refractivity contribution in [3.05, 3.63) is 76.4 Å². The summed E-state index contributed by atoms with van der Waals surface area (Å²) in [5.74, 6) is 0.697. The predicted octanol–water partition coefficient (Wildman–Crippen LogP) is 5.48. The van der Waals surface area contributed by atoms with Crippen molar-refractivity contribution in [3.8, 4) is 5.75 Å². The minimum Gasteiger partial charge on any atom is -0.492 e. The minimum atomic E-state index is -4.41. The van der Waals surface area contributed by atoms with Crippen LogP contribution >= 0.6 is 0 Å². The summed E-state index contributed by atoms with van der Waals surface area (Å²) in [6.07, 6.45) is 1.12. The van der Waals surface area contributed by atoms with Crippen LogP contribution in [-0.2, 0) is 6.18 Å². The van der Waals surface area contributed by atoms with Crippen molar-refractivity contribution in [1.82, 2.24) is 14.7 Å². The number of halogens is 3. The van der Waals surface area contributed by atoms with Gasteiger partial charge in [-0.25, -0.2) is 0 Å². The lowest BCUT2D eigenvalue weighted by molar-refractivity contribution is -0.137. The zero-order valence-electron chi connectivity index (χ0n) is 21.9. The van der Waals surface area contributed by atoms with Gasteiger partial charge >= 0.3 is 6.18 Å². The summed E-state index contributed by atoms with van der Waals surface area (Å²) in [5, 5.41) is 0. The van der Waals surface area contributed by atoms with Crippen LogP contribution in [0.1, 0.15) is 52.0 Å². The van der Waals surface area contributed by atoms with Gasteiger partial charge in [-0.1, -0.05) is 18.2 Å². The van der Waals surface area contributed by atoms with E-state index in [1.165, 1.54) is 23.3 Å². The summed E-state index contributed by atoms with van der Waals surface area (Å²) in [6, 6.07) is 8.85. The van der Waals surface area contributed by atoms with E-state index in [0.29, 0.717) is 32.8 Å². The maximum Gasteiger partial charge on any atom is 0.416 e. The number of carbonyl (C=O) groups excluding carboxylic acids is 1. The highest BCUT2D eigenvalue weighted by Crippen LogP contribution is 2.32. The van der Waals surface area contributed by atoms with Crippen LogP contribution in [-0.4, -0.2) is 73.0 Å². The van der Waals surface area contributed by atoms with Gasteiger partial charge in [0.2, 0.25) is 0 Å². The van der Waals surface area contributed by atoms with Gasteiger partial charge in [0, 0.05) is 57.4 Å². The molecule has 1 unspecified atom stereocenters. The molecule has 0 radical (unpaired) electrons. The molecule has 0 aromatic heterocycles. The molecule has 1 atom stereocenters. The fourth-order valence-electron chi connectivity index (χ4n) is 5.10. The monoisotopic (exact) mass is 515 g/mol. The van der Waals surface area contributed by atoms with Gasteiger partial charge in [-0.2, -0.15) is 13.2 Å². The normalized spacial score (nSPS) is 18.2. The van der Waals surface area contributed by atoms with E-state index < -0.39 is 11.7 Å². The maximum absolute atomic E-state index is 12.8. The van der Waals surface area contributed by atoms with Gasteiger partial charge in [0.15, 0.2) is 0 Å². The van der Waals surface area contributed by atoms with Crippen molar-refractivity contribution in [2.45, 2.75) is 39.4 Å². The molecule has 1 saturated heterocycles. The molecular weight excluding hydrogens is 479 g/mol. The number of alkyl halides is 3. The van der Waals surface area contributed by atoms with E-state index >= 15 is 0 Å². The van der Waals surface area contributed by atoms with Crippen LogP contribution in [0.5, 0.6) is 5.75 Å². The Bertz CT molecular complexity index is 1110. The van der Waals surface area contributed by atoms with Crippen molar-refractivity contribution in [2.75, 3.05) is 52.4 Å². The average molecular weight is 516 g/mol. The van der Waals surface area contributed by atoms with Crippen LogP contribution in [0.3, 0.4) is 0 Å². The molecule has 2 heterocycles. The second-order valence-electron chi connectivity index (χ2n) is 9.89. The van der Waals surface area contributed by atoms with Gasteiger partial charge in [0.05, 0.1) is 5.56 Å². The number of nitrogens with zero attached hydrogens (tertiary/aromatic N) is 3. The highest BCUT2D eigenvalue weighted by molar-refractivity contribution is 5.94. The van der Waals surface area contributed by atoms with E-state index in [2.05, 4.69) is 54.9 Å². The van der Waals surface area contributed by atoms with Crippen LogP contribution in [0.2, 0.25) is 0 Å². The van der Waals surface area contributed by atoms with Crippen LogP contribution in [0.15, 0.2) is 48.6 Å². The van der Waals surface area contributed by atoms with Crippen LogP contribution < -0.4 is 4.74 Å². The second-order valence-corrected chi connectivity index (χ2v) is 9.89. The number of hydrogen-bond donors (Lipinski definition) is 0. The third-order valence-electron chi connectivity index (χ3n) is 7.65. The highest BCUT2D eigenvalue weighted by Gasteiger charge is 2.31. The molecule has 200 valence electrons. The zero-order valence-corrected chi connectivity index (χ0v) is 21.9. The fraction of sp³-hybridized carbons (Fsp3) is 0.483. The lowest BCUT2D eigenvalue weighted by atomic mass is 9.96. The van der Waals surface area contributed by atoms with Crippen molar-refractivity contribution in [1.29, 1.82) is 0 Å². The molecule has 4 rings (SSSR count). The number of benzene rings is 2. The van der Waals surface area contributed by atoms with E-state index in [1.54, 1.807) is 4.90 Å². The molecule has 37 heavy (non-hydrogen) atoms. The molecule has 2 aliphatic rings. The SMILES string of the molecule is Cc1c(OCCN2CC=CCC2)ccc(C(C)N2CCN(C(=O)c3ccc(C(F)(F)F)cc3)CC2)c1C. The molecule has 0 saturated carbocycles. The zero-order chi connectivity index (χ0) is 26.6. The van der Waals surface area contributed by atoms with E-state index in [-0.39, 0.29) is 17.5 Å².